The van der Waals surface area contributed by atoms with Gasteiger partial charge in [-0.05, 0) is 63.4 Å². The fourth-order valence-corrected chi connectivity index (χ4v) is 5.21. The highest BCUT2D eigenvalue weighted by molar-refractivity contribution is 6.32. The SMILES string of the molecule is CCN(c1cc(Cl)cc2c(NCc3c(C)cc(C)[nH]c3=O)nccc12)C1CCN(C(C)=O)CC1. The molecule has 0 saturated carbocycles. The Balaban J connectivity index is 1.66. The zero-order valence-electron chi connectivity index (χ0n) is 20.2. The molecule has 0 bridgehead atoms. The lowest BCUT2D eigenvalue weighted by Gasteiger charge is -2.39. The first kappa shape index (κ1) is 24.1. The Hall–Kier alpha value is -3.06. The third kappa shape index (κ3) is 4.89. The number of carbonyl (C=O) groups excluding carboxylic acids is 1. The maximum absolute atomic E-state index is 12.5. The smallest absolute Gasteiger partial charge is 0.253 e. The maximum Gasteiger partial charge on any atom is 0.253 e. The first-order valence-corrected chi connectivity index (χ1v) is 12.2. The molecule has 1 saturated heterocycles. The van der Waals surface area contributed by atoms with Gasteiger partial charge >= 0.3 is 0 Å². The second kappa shape index (κ2) is 10.1. The number of rotatable bonds is 6. The molecule has 3 aromatic rings. The fraction of sp³-hybridized carbons (Fsp3) is 0.423. The van der Waals surface area contributed by atoms with Crippen LogP contribution in [0.15, 0.2) is 35.3 Å². The van der Waals surface area contributed by atoms with Crippen molar-refractivity contribution in [3.63, 3.8) is 0 Å². The Kier molecular flexibility index (Phi) is 7.12. The summed E-state index contributed by atoms with van der Waals surface area (Å²) >= 11 is 6.60. The van der Waals surface area contributed by atoms with Crippen LogP contribution < -0.4 is 15.8 Å². The van der Waals surface area contributed by atoms with Crippen LogP contribution in [0.25, 0.3) is 10.8 Å². The van der Waals surface area contributed by atoms with Gasteiger partial charge in [0.1, 0.15) is 5.82 Å². The zero-order chi connectivity index (χ0) is 24.4. The van der Waals surface area contributed by atoms with E-state index < -0.39 is 0 Å². The first-order valence-electron chi connectivity index (χ1n) is 11.8. The highest BCUT2D eigenvalue weighted by atomic mass is 35.5. The van der Waals surface area contributed by atoms with Crippen molar-refractivity contribution in [2.75, 3.05) is 29.9 Å². The van der Waals surface area contributed by atoms with E-state index >= 15 is 0 Å². The summed E-state index contributed by atoms with van der Waals surface area (Å²) in [6.45, 7) is 10.4. The largest absolute Gasteiger partial charge is 0.368 e. The van der Waals surface area contributed by atoms with E-state index in [1.165, 1.54) is 0 Å². The van der Waals surface area contributed by atoms with Crippen molar-refractivity contribution in [2.45, 2.75) is 53.1 Å². The summed E-state index contributed by atoms with van der Waals surface area (Å²) in [5.41, 5.74) is 3.47. The van der Waals surface area contributed by atoms with Gasteiger partial charge in [0, 0.05) is 78.1 Å². The van der Waals surface area contributed by atoms with Crippen molar-refractivity contribution < 1.29 is 4.79 Å². The number of hydrogen-bond acceptors (Lipinski definition) is 5. The molecule has 180 valence electrons. The van der Waals surface area contributed by atoms with E-state index in [2.05, 4.69) is 27.1 Å². The monoisotopic (exact) mass is 481 g/mol. The predicted octanol–water partition coefficient (Wildman–Crippen LogP) is 4.64. The molecule has 8 heteroatoms. The van der Waals surface area contributed by atoms with Gasteiger partial charge in [-0.25, -0.2) is 4.98 Å². The van der Waals surface area contributed by atoms with Gasteiger partial charge in [-0.1, -0.05) is 11.6 Å². The number of halogens is 1. The number of aryl methyl sites for hydroxylation is 2. The minimum absolute atomic E-state index is 0.0852. The number of likely N-dealkylation sites (tertiary alicyclic amines) is 1. The van der Waals surface area contributed by atoms with Gasteiger partial charge in [0.15, 0.2) is 0 Å². The molecule has 1 aliphatic heterocycles. The number of piperidine rings is 1. The number of hydrogen-bond donors (Lipinski definition) is 2. The Bertz CT molecular complexity index is 1260. The van der Waals surface area contributed by atoms with Crippen LogP contribution >= 0.6 is 11.6 Å². The Morgan fingerprint density at radius 1 is 1.24 bits per heavy atom. The normalized spacial score (nSPS) is 14.4. The van der Waals surface area contributed by atoms with Crippen LogP contribution in [0.1, 0.15) is 43.5 Å². The average molecular weight is 482 g/mol. The van der Waals surface area contributed by atoms with Crippen molar-refractivity contribution in [1.29, 1.82) is 0 Å². The quantitative estimate of drug-likeness (QED) is 0.536. The first-order chi connectivity index (χ1) is 16.3. The van der Waals surface area contributed by atoms with E-state index in [0.29, 0.717) is 29.0 Å². The Morgan fingerprint density at radius 3 is 2.62 bits per heavy atom. The number of anilines is 2. The lowest BCUT2D eigenvalue weighted by molar-refractivity contribution is -0.129. The van der Waals surface area contributed by atoms with E-state index in [1.54, 1.807) is 13.1 Å². The number of H-pyrrole nitrogens is 1. The molecular weight excluding hydrogens is 450 g/mol. The van der Waals surface area contributed by atoms with Gasteiger partial charge < -0.3 is 20.1 Å². The second-order valence-corrected chi connectivity index (χ2v) is 9.44. The summed E-state index contributed by atoms with van der Waals surface area (Å²) in [5, 5.41) is 5.99. The second-order valence-electron chi connectivity index (χ2n) is 9.00. The van der Waals surface area contributed by atoms with Crippen LogP contribution in [-0.4, -0.2) is 46.5 Å². The number of benzene rings is 1. The molecule has 0 spiro atoms. The standard InChI is InChI=1S/C26H32ClN5O2/c1-5-32(20-7-10-31(11-8-20)18(4)33)24-14-19(27)13-22-21(24)6-9-28-25(22)29-15-23-16(2)12-17(3)30-26(23)34/h6,9,12-14,20H,5,7-8,10-11,15H2,1-4H3,(H,28,29)(H,30,34). The summed E-state index contributed by atoms with van der Waals surface area (Å²) < 4.78 is 0. The van der Waals surface area contributed by atoms with Crippen molar-refractivity contribution in [3.8, 4) is 0 Å². The average Bonchev–Trinajstić information content (AvgIpc) is 2.79. The van der Waals surface area contributed by atoms with Gasteiger partial charge in [-0.2, -0.15) is 0 Å². The number of nitrogens with one attached hydrogen (secondary N) is 2. The number of nitrogens with zero attached hydrogens (tertiary/aromatic N) is 3. The summed E-state index contributed by atoms with van der Waals surface area (Å²) in [7, 11) is 0. The van der Waals surface area contributed by atoms with Crippen molar-refractivity contribution in [3.05, 3.63) is 62.7 Å². The van der Waals surface area contributed by atoms with Crippen LogP contribution in [-0.2, 0) is 11.3 Å². The highest BCUT2D eigenvalue weighted by Gasteiger charge is 2.26. The molecule has 0 aliphatic carbocycles. The summed E-state index contributed by atoms with van der Waals surface area (Å²) in [5.74, 6) is 0.835. The number of amides is 1. The molecule has 4 rings (SSSR count). The van der Waals surface area contributed by atoms with Gasteiger partial charge in [0.2, 0.25) is 5.91 Å². The molecule has 7 nitrogen and oxygen atoms in total. The molecule has 1 aromatic carbocycles. The molecule has 1 amide bonds. The van der Waals surface area contributed by atoms with Crippen molar-refractivity contribution in [1.82, 2.24) is 14.9 Å². The van der Waals surface area contributed by atoms with E-state index in [0.717, 1.165) is 60.2 Å². The lowest BCUT2D eigenvalue weighted by Crippen LogP contribution is -2.46. The minimum Gasteiger partial charge on any atom is -0.368 e. The summed E-state index contributed by atoms with van der Waals surface area (Å²) in [4.78, 5) is 36.0. The molecular formula is C26H32ClN5O2. The molecule has 0 atom stereocenters. The maximum atomic E-state index is 12.5. The molecule has 0 radical (unpaired) electrons. The molecule has 3 heterocycles. The molecule has 2 N–H and O–H groups in total. The van der Waals surface area contributed by atoms with E-state index in [1.807, 2.05) is 43.0 Å². The van der Waals surface area contributed by atoms with Crippen LogP contribution in [0, 0.1) is 13.8 Å². The molecule has 34 heavy (non-hydrogen) atoms. The third-order valence-corrected chi connectivity index (χ3v) is 6.97. The van der Waals surface area contributed by atoms with E-state index in [9.17, 15) is 9.59 Å². The van der Waals surface area contributed by atoms with Crippen LogP contribution in [0.4, 0.5) is 11.5 Å². The summed E-state index contributed by atoms with van der Waals surface area (Å²) in [6.07, 6.45) is 3.64. The van der Waals surface area contributed by atoms with Crippen molar-refractivity contribution >= 4 is 39.8 Å². The van der Waals surface area contributed by atoms with Gasteiger partial charge in [0.25, 0.3) is 5.56 Å². The highest BCUT2D eigenvalue weighted by Crippen LogP contribution is 2.36. The van der Waals surface area contributed by atoms with Crippen LogP contribution in [0.5, 0.6) is 0 Å². The predicted molar refractivity (Wildman–Crippen MR) is 139 cm³/mol. The number of fused-ring (bicyclic) bond motifs is 1. The van der Waals surface area contributed by atoms with Crippen LogP contribution in [0.2, 0.25) is 5.02 Å². The van der Waals surface area contributed by atoms with Crippen LogP contribution in [0.3, 0.4) is 0 Å². The number of carbonyl (C=O) groups is 1. The fourth-order valence-electron chi connectivity index (χ4n) is 5.00. The Morgan fingerprint density at radius 2 is 1.97 bits per heavy atom. The molecule has 1 fully saturated rings. The van der Waals surface area contributed by atoms with E-state index in [-0.39, 0.29) is 11.5 Å². The number of aromatic amines is 1. The Labute approximate surface area is 205 Å². The lowest BCUT2D eigenvalue weighted by atomic mass is 10.0. The molecule has 0 unspecified atom stereocenters. The van der Waals surface area contributed by atoms with Crippen molar-refractivity contribution in [2.24, 2.45) is 0 Å². The molecule has 1 aliphatic rings. The van der Waals surface area contributed by atoms with Gasteiger partial charge in [-0.15, -0.1) is 0 Å². The zero-order valence-corrected chi connectivity index (χ0v) is 21.0. The summed E-state index contributed by atoms with van der Waals surface area (Å²) in [6, 6.07) is 8.27. The van der Waals surface area contributed by atoms with Gasteiger partial charge in [-0.3, -0.25) is 9.59 Å². The minimum atomic E-state index is -0.0852. The number of aromatic nitrogens is 2. The number of pyridine rings is 2. The molecule has 2 aromatic heterocycles. The van der Waals surface area contributed by atoms with Gasteiger partial charge in [0.05, 0.1) is 0 Å². The van der Waals surface area contributed by atoms with E-state index in [4.69, 9.17) is 11.6 Å². The topological polar surface area (TPSA) is 81.3 Å². The third-order valence-electron chi connectivity index (χ3n) is 6.75.